The van der Waals surface area contributed by atoms with Crippen molar-refractivity contribution in [3.8, 4) is 0 Å². The molecule has 3 N–H and O–H groups in total. The number of aliphatic hydroxyl groups excluding tert-OH is 1. The molecular weight excluding hydrogens is 1140 g/mol. The summed E-state index contributed by atoms with van der Waals surface area (Å²) in [4.78, 5) is 23.4. The van der Waals surface area contributed by atoms with Crippen molar-refractivity contribution < 1.29 is 32.9 Å². The maximum atomic E-state index is 13.1. The average Bonchev–Trinajstić information content (AvgIpc) is 3.59. The highest BCUT2D eigenvalue weighted by molar-refractivity contribution is 7.47. The highest BCUT2D eigenvalue weighted by Crippen LogP contribution is 2.43. The monoisotopic (exact) mass is 1280 g/mol. The summed E-state index contributed by atoms with van der Waals surface area (Å²) in [6, 6.07) is -0.874. The number of aliphatic hydroxyl groups is 1. The lowest BCUT2D eigenvalue weighted by molar-refractivity contribution is -0.870. The Morgan fingerprint density at radius 2 is 0.659 bits per heavy atom. The zero-order valence-electron chi connectivity index (χ0n) is 59.5. The minimum atomic E-state index is -4.37. The highest BCUT2D eigenvalue weighted by atomic mass is 31.2. The Hall–Kier alpha value is -3.88. The zero-order valence-corrected chi connectivity index (χ0v) is 60.4. The second-order valence-electron chi connectivity index (χ2n) is 25.9. The van der Waals surface area contributed by atoms with Crippen LogP contribution in [0.15, 0.2) is 158 Å². The fourth-order valence-corrected chi connectivity index (χ4v) is 11.0. The number of hydrogen-bond acceptors (Lipinski definition) is 5. The van der Waals surface area contributed by atoms with Crippen LogP contribution in [0, 0.1) is 0 Å². The smallest absolute Gasteiger partial charge is 0.387 e. The van der Waals surface area contributed by atoms with Crippen LogP contribution >= 0.6 is 7.82 Å². The third-order valence-corrected chi connectivity index (χ3v) is 17.0. The van der Waals surface area contributed by atoms with Gasteiger partial charge in [0.1, 0.15) is 13.2 Å². The summed E-state index contributed by atoms with van der Waals surface area (Å²) in [6.45, 7) is 4.70. The Kier molecular flexibility index (Phi) is 67.4. The van der Waals surface area contributed by atoms with E-state index in [1.165, 1.54) is 154 Å². The van der Waals surface area contributed by atoms with E-state index in [1.807, 2.05) is 27.2 Å². The second kappa shape index (κ2) is 70.4. The lowest BCUT2D eigenvalue weighted by Crippen LogP contribution is -2.45. The number of nitrogens with zero attached hydrogens (tertiary/aromatic N) is 1. The van der Waals surface area contributed by atoms with E-state index in [1.54, 1.807) is 6.08 Å². The van der Waals surface area contributed by atoms with Crippen LogP contribution in [0.2, 0.25) is 0 Å². The summed E-state index contributed by atoms with van der Waals surface area (Å²) in [6.07, 6.45) is 110. The average molecular weight is 1280 g/mol. The third kappa shape index (κ3) is 73.4. The molecule has 0 aromatic carbocycles. The molecule has 0 radical (unpaired) electrons. The number of rotatable bonds is 67. The van der Waals surface area contributed by atoms with Crippen LogP contribution in [0.1, 0.15) is 303 Å². The van der Waals surface area contributed by atoms with Crippen LogP contribution < -0.4 is 5.32 Å². The van der Waals surface area contributed by atoms with E-state index in [0.29, 0.717) is 17.4 Å². The molecule has 3 atom stereocenters. The molecule has 0 fully saturated rings. The number of allylic oxidation sites excluding steroid dienone is 25. The topological polar surface area (TPSA) is 105 Å². The predicted molar refractivity (Wildman–Crippen MR) is 400 cm³/mol. The summed E-state index contributed by atoms with van der Waals surface area (Å²) in [5, 5.41) is 14.0. The van der Waals surface area contributed by atoms with E-state index in [2.05, 4.69) is 165 Å². The number of nitrogens with one attached hydrogen (secondary N) is 1. The molecule has 0 rings (SSSR count). The van der Waals surface area contributed by atoms with Gasteiger partial charge in [-0.15, -0.1) is 0 Å². The maximum Gasteiger partial charge on any atom is 0.472 e. The van der Waals surface area contributed by atoms with E-state index in [9.17, 15) is 19.4 Å². The van der Waals surface area contributed by atoms with Gasteiger partial charge in [-0.2, -0.15) is 0 Å². The zero-order chi connectivity index (χ0) is 66.2. The van der Waals surface area contributed by atoms with E-state index in [0.717, 1.165) is 128 Å². The van der Waals surface area contributed by atoms with Gasteiger partial charge in [-0.3, -0.25) is 13.8 Å². The molecule has 0 aliphatic heterocycles. The van der Waals surface area contributed by atoms with Gasteiger partial charge < -0.3 is 19.8 Å². The Bertz CT molecular complexity index is 2050. The van der Waals surface area contributed by atoms with Crippen molar-refractivity contribution in [3.05, 3.63) is 158 Å². The van der Waals surface area contributed by atoms with Crippen LogP contribution in [0.4, 0.5) is 0 Å². The predicted octanol–water partition coefficient (Wildman–Crippen LogP) is 24.5. The molecule has 1 amide bonds. The molecule has 9 heteroatoms. The molecule has 0 spiro atoms. The van der Waals surface area contributed by atoms with Gasteiger partial charge in [-0.05, 0) is 109 Å². The molecule has 0 aromatic heterocycles. The lowest BCUT2D eigenvalue weighted by atomic mass is 10.0. The largest absolute Gasteiger partial charge is 0.472 e. The van der Waals surface area contributed by atoms with Crippen LogP contribution in [0.3, 0.4) is 0 Å². The highest BCUT2D eigenvalue weighted by Gasteiger charge is 2.28. The Morgan fingerprint density at radius 1 is 0.385 bits per heavy atom. The number of likely N-dealkylation sites (N-methyl/N-ethyl adjacent to an activating group) is 1. The molecule has 0 aliphatic rings. The standard InChI is InChI=1S/C82H141N2O6P/c1-6-8-10-12-14-16-18-20-22-24-26-28-30-32-34-36-37-38-39-40-41-42-43-44-45-46-47-48-50-52-54-56-58-60-62-64-66-68-70-72-74-76-82(86)83-80(79-90-91(87,88)89-78-77-84(3,4)5)81(85)75-73-71-69-67-65-63-61-59-57-55-53-51-49-35-33-31-29-27-25-23-21-19-17-15-13-11-9-7-2/h8,10,14,16,20,22,26,28,32,34,37-38,40-41,43-44,46-47,50,52,56,58,62,64,73,75,80-81,85H,6-7,9,11-13,15,17-19,21,23-25,27,29-31,33,35-36,39,42,45,48-49,51,53-55,57,59-61,63,65-72,74,76-79H2,1-5H3,(H-,83,86,87,88)/p+1/b10-8-,16-14-,22-20-,28-26-,34-32-,38-37-,41-40-,44-43-,47-46-,52-50-,58-56-,64-62-,75-73+. The van der Waals surface area contributed by atoms with Crippen molar-refractivity contribution in [2.75, 3.05) is 40.9 Å². The molecule has 0 saturated carbocycles. The first kappa shape index (κ1) is 87.1. The molecular formula is C82H142N2O6P+. The van der Waals surface area contributed by atoms with Crippen LogP contribution in [0.5, 0.6) is 0 Å². The Balaban J connectivity index is 4.18. The van der Waals surface area contributed by atoms with Gasteiger partial charge in [0, 0.05) is 6.42 Å². The molecule has 8 nitrogen and oxygen atoms in total. The van der Waals surface area contributed by atoms with Crippen molar-refractivity contribution in [1.82, 2.24) is 5.32 Å². The Morgan fingerprint density at radius 3 is 0.967 bits per heavy atom. The summed E-state index contributed by atoms with van der Waals surface area (Å²) in [5.74, 6) is -0.204. The van der Waals surface area contributed by atoms with Gasteiger partial charge >= 0.3 is 7.82 Å². The number of unbranched alkanes of at least 4 members (excludes halogenated alkanes) is 30. The van der Waals surface area contributed by atoms with Gasteiger partial charge in [-0.25, -0.2) is 4.57 Å². The maximum absolute atomic E-state index is 13.1. The number of amides is 1. The summed E-state index contributed by atoms with van der Waals surface area (Å²) < 4.78 is 23.8. The molecule has 91 heavy (non-hydrogen) atoms. The molecule has 0 aromatic rings. The number of carbonyl (C=O) groups is 1. The first-order valence-electron chi connectivity index (χ1n) is 37.4. The van der Waals surface area contributed by atoms with Gasteiger partial charge in [0.2, 0.25) is 5.91 Å². The lowest BCUT2D eigenvalue weighted by Gasteiger charge is -2.25. The first-order valence-corrected chi connectivity index (χ1v) is 38.9. The summed E-state index contributed by atoms with van der Waals surface area (Å²) in [7, 11) is 1.54. The molecule has 3 unspecified atom stereocenters. The fourth-order valence-electron chi connectivity index (χ4n) is 10.3. The first-order chi connectivity index (χ1) is 44.5. The van der Waals surface area contributed by atoms with E-state index < -0.39 is 20.0 Å². The van der Waals surface area contributed by atoms with Crippen LogP contribution in [0.25, 0.3) is 0 Å². The van der Waals surface area contributed by atoms with Crippen molar-refractivity contribution in [1.29, 1.82) is 0 Å². The number of carbonyl (C=O) groups excluding carboxylic acids is 1. The van der Waals surface area contributed by atoms with Crippen molar-refractivity contribution in [3.63, 3.8) is 0 Å². The summed E-state index contributed by atoms with van der Waals surface area (Å²) >= 11 is 0. The fraction of sp³-hybridized carbons (Fsp3) is 0.671. The third-order valence-electron chi connectivity index (χ3n) is 16.0. The minimum absolute atomic E-state index is 0.0486. The van der Waals surface area contributed by atoms with Crippen molar-refractivity contribution >= 4 is 13.7 Å². The van der Waals surface area contributed by atoms with Gasteiger partial charge in [0.25, 0.3) is 0 Å². The number of quaternary nitrogens is 1. The van der Waals surface area contributed by atoms with E-state index >= 15 is 0 Å². The van der Waals surface area contributed by atoms with Crippen molar-refractivity contribution in [2.24, 2.45) is 0 Å². The van der Waals surface area contributed by atoms with Crippen LogP contribution in [-0.2, 0) is 18.4 Å². The molecule has 0 aliphatic carbocycles. The van der Waals surface area contributed by atoms with Crippen molar-refractivity contribution in [2.45, 2.75) is 315 Å². The number of phosphoric ester groups is 1. The molecule has 0 heterocycles. The van der Waals surface area contributed by atoms with E-state index in [-0.39, 0.29) is 19.1 Å². The van der Waals surface area contributed by atoms with Crippen LogP contribution in [-0.4, -0.2) is 73.4 Å². The minimum Gasteiger partial charge on any atom is -0.387 e. The van der Waals surface area contributed by atoms with Gasteiger partial charge in [-0.1, -0.05) is 345 Å². The Labute approximate surface area is 562 Å². The molecule has 520 valence electrons. The van der Waals surface area contributed by atoms with Gasteiger partial charge in [0.05, 0.1) is 39.9 Å². The quantitative estimate of drug-likeness (QED) is 0.0243. The molecule has 0 saturated heterocycles. The second-order valence-corrected chi connectivity index (χ2v) is 27.4. The normalized spacial score (nSPS) is 14.5. The van der Waals surface area contributed by atoms with E-state index in [4.69, 9.17) is 9.05 Å². The SMILES string of the molecule is CC/C=C\C/C=C\C/C=C\C/C=C\C/C=C\C/C=C\C/C=C\C/C=C\C/C=C\C/C=C\C/C=C\C/C=C\CCCCCCC(=O)NC(COP(=O)(O)OCC[N+](C)(C)C)C(O)/C=C/CCCCCCCCCCCCCCCCCCCCCCCCCCCC. The number of hydrogen-bond donors (Lipinski definition) is 3. The molecule has 0 bridgehead atoms. The van der Waals surface area contributed by atoms with Gasteiger partial charge in [0.15, 0.2) is 0 Å². The number of phosphoric acid groups is 1. The summed E-state index contributed by atoms with van der Waals surface area (Å²) in [5.41, 5.74) is 0.